The number of rotatable bonds is 4. The van der Waals surface area contributed by atoms with Crippen LogP contribution in [-0.4, -0.2) is 29.6 Å². The fourth-order valence-corrected chi connectivity index (χ4v) is 1.68. The van der Waals surface area contributed by atoms with Gasteiger partial charge in [0.25, 0.3) is 5.69 Å². The van der Waals surface area contributed by atoms with Gasteiger partial charge in [0.15, 0.2) is 0 Å². The molecule has 1 rings (SSSR count). The van der Waals surface area contributed by atoms with Crippen molar-refractivity contribution in [2.45, 2.75) is 26.4 Å². The van der Waals surface area contributed by atoms with Gasteiger partial charge in [0.05, 0.1) is 23.3 Å². The average molecular weight is 322 g/mol. The van der Waals surface area contributed by atoms with Gasteiger partial charge in [-0.15, -0.1) is 0 Å². The molecule has 0 unspecified atom stereocenters. The molecule has 0 atom stereocenters. The smallest absolute Gasteiger partial charge is 0.340 e. The summed E-state index contributed by atoms with van der Waals surface area (Å²) < 4.78 is 9.62. The fraction of sp³-hybridized carbons (Fsp3) is 0.333. The van der Waals surface area contributed by atoms with Crippen LogP contribution in [-0.2, 0) is 14.3 Å². The SMILES string of the molecule is COC(=O)c1cc([N+](=O)[O-])cc(/C=C\C(=O)OC(C)(C)C)c1N. The average Bonchev–Trinajstić information content (AvgIpc) is 2.43. The Hall–Kier alpha value is -2.90. The van der Waals surface area contributed by atoms with E-state index in [0.29, 0.717) is 0 Å². The van der Waals surface area contributed by atoms with Gasteiger partial charge in [0.2, 0.25) is 0 Å². The minimum Gasteiger partial charge on any atom is -0.465 e. The largest absolute Gasteiger partial charge is 0.465 e. The summed E-state index contributed by atoms with van der Waals surface area (Å²) in [6.07, 6.45) is 2.34. The summed E-state index contributed by atoms with van der Waals surface area (Å²) in [5.74, 6) is -1.44. The second-order valence-electron chi connectivity index (χ2n) is 5.61. The number of nitrogens with zero attached hydrogens (tertiary/aromatic N) is 1. The number of hydrogen-bond acceptors (Lipinski definition) is 7. The first-order chi connectivity index (χ1) is 10.5. The highest BCUT2D eigenvalue weighted by Crippen LogP contribution is 2.26. The van der Waals surface area contributed by atoms with Crippen LogP contribution in [0.1, 0.15) is 36.7 Å². The maximum atomic E-state index is 11.7. The van der Waals surface area contributed by atoms with E-state index in [1.807, 2.05) is 0 Å². The number of carbonyl (C=O) groups is 2. The molecular formula is C15H18N2O6. The Morgan fingerprint density at radius 3 is 2.39 bits per heavy atom. The van der Waals surface area contributed by atoms with E-state index in [0.717, 1.165) is 25.3 Å². The van der Waals surface area contributed by atoms with Crippen molar-refractivity contribution in [3.8, 4) is 0 Å². The van der Waals surface area contributed by atoms with Gasteiger partial charge in [-0.3, -0.25) is 10.1 Å². The zero-order valence-corrected chi connectivity index (χ0v) is 13.3. The molecule has 8 heteroatoms. The number of nitro benzene ring substituents is 1. The molecule has 0 fully saturated rings. The van der Waals surface area contributed by atoms with E-state index in [1.54, 1.807) is 20.8 Å². The summed E-state index contributed by atoms with van der Waals surface area (Å²) >= 11 is 0. The van der Waals surface area contributed by atoms with Gasteiger partial charge in [0.1, 0.15) is 5.60 Å². The molecule has 0 radical (unpaired) electrons. The Labute approximate surface area is 133 Å². The molecule has 1 aromatic rings. The molecule has 0 saturated heterocycles. The molecular weight excluding hydrogens is 304 g/mol. The van der Waals surface area contributed by atoms with Gasteiger partial charge in [-0.1, -0.05) is 0 Å². The summed E-state index contributed by atoms with van der Waals surface area (Å²) in [6.45, 7) is 5.11. The summed E-state index contributed by atoms with van der Waals surface area (Å²) in [4.78, 5) is 33.6. The van der Waals surface area contributed by atoms with Crippen molar-refractivity contribution in [1.82, 2.24) is 0 Å². The van der Waals surface area contributed by atoms with Gasteiger partial charge in [-0.25, -0.2) is 9.59 Å². The standard InChI is InChI=1S/C15H18N2O6/c1-15(2,3)23-12(18)6-5-9-7-10(17(20)21)8-11(13(9)16)14(19)22-4/h5-8H,16H2,1-4H3/b6-5-. The third-order valence-corrected chi connectivity index (χ3v) is 2.62. The number of carbonyl (C=O) groups excluding carboxylic acids is 2. The van der Waals surface area contributed by atoms with E-state index in [1.165, 1.54) is 6.08 Å². The Morgan fingerprint density at radius 2 is 1.91 bits per heavy atom. The number of anilines is 1. The molecule has 8 nitrogen and oxygen atoms in total. The fourth-order valence-electron chi connectivity index (χ4n) is 1.68. The lowest BCUT2D eigenvalue weighted by atomic mass is 10.1. The third kappa shape index (κ3) is 5.10. The summed E-state index contributed by atoms with van der Waals surface area (Å²) in [5, 5.41) is 11.0. The first-order valence-electron chi connectivity index (χ1n) is 6.62. The molecule has 0 spiro atoms. The molecule has 0 amide bonds. The Kier molecular flexibility index (Phi) is 5.45. The molecule has 1 aromatic carbocycles. The van der Waals surface area contributed by atoms with Crippen molar-refractivity contribution in [2.24, 2.45) is 0 Å². The number of nitrogen functional groups attached to an aromatic ring is 1. The Bertz CT molecular complexity index is 673. The highest BCUT2D eigenvalue weighted by atomic mass is 16.6. The number of hydrogen-bond donors (Lipinski definition) is 1. The number of methoxy groups -OCH3 is 1. The van der Waals surface area contributed by atoms with Crippen molar-refractivity contribution in [1.29, 1.82) is 0 Å². The van der Waals surface area contributed by atoms with Gasteiger partial charge in [-0.05, 0) is 26.8 Å². The molecule has 2 N–H and O–H groups in total. The summed E-state index contributed by atoms with van der Waals surface area (Å²) in [5.41, 5.74) is 4.77. The van der Waals surface area contributed by atoms with E-state index < -0.39 is 22.5 Å². The van der Waals surface area contributed by atoms with Crippen molar-refractivity contribution in [2.75, 3.05) is 12.8 Å². The molecule has 0 heterocycles. The zero-order valence-electron chi connectivity index (χ0n) is 13.3. The van der Waals surface area contributed by atoms with E-state index in [9.17, 15) is 19.7 Å². The lowest BCUT2D eigenvalue weighted by Gasteiger charge is -2.17. The second kappa shape index (κ2) is 6.91. The first kappa shape index (κ1) is 18.1. The zero-order chi connectivity index (χ0) is 17.8. The van der Waals surface area contributed by atoms with Crippen molar-refractivity contribution in [3.63, 3.8) is 0 Å². The van der Waals surface area contributed by atoms with Crippen LogP contribution in [0, 0.1) is 10.1 Å². The van der Waals surface area contributed by atoms with Crippen molar-refractivity contribution >= 4 is 29.4 Å². The monoisotopic (exact) mass is 322 g/mol. The van der Waals surface area contributed by atoms with E-state index >= 15 is 0 Å². The quantitative estimate of drug-likeness (QED) is 0.297. The lowest BCUT2D eigenvalue weighted by Crippen LogP contribution is -2.22. The third-order valence-electron chi connectivity index (χ3n) is 2.62. The van der Waals surface area contributed by atoms with Crippen LogP contribution in [0.4, 0.5) is 11.4 Å². The lowest BCUT2D eigenvalue weighted by molar-refractivity contribution is -0.384. The number of nitro groups is 1. The first-order valence-corrected chi connectivity index (χ1v) is 6.62. The molecule has 0 aliphatic heterocycles. The van der Waals surface area contributed by atoms with E-state index in [4.69, 9.17) is 10.5 Å². The van der Waals surface area contributed by atoms with Crippen LogP contribution < -0.4 is 5.73 Å². The molecule has 0 bridgehead atoms. The Morgan fingerprint density at radius 1 is 1.30 bits per heavy atom. The second-order valence-corrected chi connectivity index (χ2v) is 5.61. The highest BCUT2D eigenvalue weighted by Gasteiger charge is 2.19. The minimum atomic E-state index is -0.807. The summed E-state index contributed by atoms with van der Waals surface area (Å²) in [7, 11) is 1.14. The minimum absolute atomic E-state index is 0.0257. The van der Waals surface area contributed by atoms with Crippen LogP contribution in [0.3, 0.4) is 0 Å². The molecule has 0 aliphatic carbocycles. The van der Waals surface area contributed by atoms with Crippen LogP contribution >= 0.6 is 0 Å². The van der Waals surface area contributed by atoms with Crippen LogP contribution in [0.25, 0.3) is 6.08 Å². The van der Waals surface area contributed by atoms with Gasteiger partial charge >= 0.3 is 11.9 Å². The predicted octanol–water partition coefficient (Wildman–Crippen LogP) is 2.32. The highest BCUT2D eigenvalue weighted by molar-refractivity contribution is 5.99. The van der Waals surface area contributed by atoms with E-state index in [2.05, 4.69) is 4.74 Å². The maximum Gasteiger partial charge on any atom is 0.340 e. The maximum absolute atomic E-state index is 11.7. The molecule has 0 aromatic heterocycles. The molecule has 23 heavy (non-hydrogen) atoms. The van der Waals surface area contributed by atoms with Crippen LogP contribution in [0.2, 0.25) is 0 Å². The number of ether oxygens (including phenoxy) is 2. The normalized spacial score (nSPS) is 11.3. The van der Waals surface area contributed by atoms with E-state index in [-0.39, 0.29) is 22.5 Å². The van der Waals surface area contributed by atoms with Gasteiger partial charge in [0, 0.05) is 23.8 Å². The van der Waals surface area contributed by atoms with Gasteiger partial charge < -0.3 is 15.2 Å². The number of nitrogens with two attached hydrogens (primary N) is 1. The molecule has 124 valence electrons. The summed E-state index contributed by atoms with van der Waals surface area (Å²) in [6, 6.07) is 2.18. The predicted molar refractivity (Wildman–Crippen MR) is 83.7 cm³/mol. The number of esters is 2. The molecule has 0 saturated carbocycles. The topological polar surface area (TPSA) is 122 Å². The number of non-ortho nitro benzene ring substituents is 1. The number of benzene rings is 1. The van der Waals surface area contributed by atoms with Crippen LogP contribution in [0.15, 0.2) is 18.2 Å². The van der Waals surface area contributed by atoms with Gasteiger partial charge in [-0.2, -0.15) is 0 Å². The van der Waals surface area contributed by atoms with Crippen LogP contribution in [0.5, 0.6) is 0 Å². The Balaban J connectivity index is 3.24. The van der Waals surface area contributed by atoms with Crippen molar-refractivity contribution < 1.29 is 24.0 Å². The molecule has 0 aliphatic rings. The van der Waals surface area contributed by atoms with Crippen molar-refractivity contribution in [3.05, 3.63) is 39.4 Å².